The van der Waals surface area contributed by atoms with Crippen LogP contribution in [0.5, 0.6) is 0 Å². The first-order chi connectivity index (χ1) is 11.7. The van der Waals surface area contributed by atoms with E-state index in [-0.39, 0.29) is 12.5 Å². The molecule has 122 valence electrons. The van der Waals surface area contributed by atoms with E-state index in [1.165, 1.54) is 0 Å². The zero-order chi connectivity index (χ0) is 16.9. The number of hydrogen-bond acceptors (Lipinski definition) is 6. The average Bonchev–Trinajstić information content (AvgIpc) is 3.09. The van der Waals surface area contributed by atoms with Gasteiger partial charge in [0.05, 0.1) is 5.56 Å². The van der Waals surface area contributed by atoms with Crippen molar-refractivity contribution in [2.45, 2.75) is 18.4 Å². The molecule has 0 atom stereocenters. The Labute approximate surface area is 144 Å². The number of nitrogens with zero attached hydrogens (tertiary/aromatic N) is 2. The van der Waals surface area contributed by atoms with Gasteiger partial charge in [0.1, 0.15) is 0 Å². The Balaban J connectivity index is 1.63. The molecule has 24 heavy (non-hydrogen) atoms. The molecule has 6 heteroatoms. The summed E-state index contributed by atoms with van der Waals surface area (Å²) in [5.41, 5.74) is 2.44. The molecule has 2 aromatic carbocycles. The van der Waals surface area contributed by atoms with Crippen molar-refractivity contribution in [2.24, 2.45) is 0 Å². The molecule has 0 aliphatic carbocycles. The standard InChI is InChI=1S/C18H16N2O3S/c1-12-4-3-5-14(10-12)17-20-19-16(23-17)11-22-18(21)13-6-8-15(24-2)9-7-13/h3-10H,11H2,1-2H3. The van der Waals surface area contributed by atoms with Gasteiger partial charge in [-0.15, -0.1) is 22.0 Å². The number of hydrogen-bond donors (Lipinski definition) is 0. The van der Waals surface area contributed by atoms with Crippen molar-refractivity contribution in [3.63, 3.8) is 0 Å². The van der Waals surface area contributed by atoms with Gasteiger partial charge in [-0.2, -0.15) is 0 Å². The van der Waals surface area contributed by atoms with Crippen LogP contribution < -0.4 is 0 Å². The van der Waals surface area contributed by atoms with E-state index in [1.807, 2.05) is 49.6 Å². The summed E-state index contributed by atoms with van der Waals surface area (Å²) in [6, 6.07) is 15.0. The molecule has 3 rings (SSSR count). The molecule has 0 aliphatic heterocycles. The number of carbonyl (C=O) groups is 1. The van der Waals surface area contributed by atoms with Crippen LogP contribution in [0.15, 0.2) is 57.8 Å². The summed E-state index contributed by atoms with van der Waals surface area (Å²) in [5.74, 6) is 0.257. The minimum absolute atomic E-state index is 0.0536. The van der Waals surface area contributed by atoms with Crippen LogP contribution in [-0.4, -0.2) is 22.4 Å². The highest BCUT2D eigenvalue weighted by Crippen LogP contribution is 2.19. The van der Waals surface area contributed by atoms with Crippen LogP contribution in [0.4, 0.5) is 0 Å². The van der Waals surface area contributed by atoms with Crippen LogP contribution in [0, 0.1) is 6.92 Å². The molecule has 0 spiro atoms. The zero-order valence-electron chi connectivity index (χ0n) is 13.4. The third kappa shape index (κ3) is 3.83. The first kappa shape index (κ1) is 16.3. The molecule has 0 saturated carbocycles. The molecule has 0 saturated heterocycles. The number of esters is 1. The van der Waals surface area contributed by atoms with E-state index < -0.39 is 5.97 Å². The molecular weight excluding hydrogens is 324 g/mol. The van der Waals surface area contributed by atoms with Crippen molar-refractivity contribution >= 4 is 17.7 Å². The average molecular weight is 340 g/mol. The van der Waals surface area contributed by atoms with Crippen molar-refractivity contribution in [3.05, 3.63) is 65.5 Å². The highest BCUT2D eigenvalue weighted by atomic mass is 32.2. The van der Waals surface area contributed by atoms with Crippen LogP contribution in [0.2, 0.25) is 0 Å². The summed E-state index contributed by atoms with van der Waals surface area (Å²) in [7, 11) is 0. The lowest BCUT2D eigenvalue weighted by Gasteiger charge is -2.03. The van der Waals surface area contributed by atoms with Crippen LogP contribution in [0.1, 0.15) is 21.8 Å². The lowest BCUT2D eigenvalue weighted by atomic mass is 10.1. The smallest absolute Gasteiger partial charge is 0.338 e. The quantitative estimate of drug-likeness (QED) is 0.514. The Morgan fingerprint density at radius 1 is 1.17 bits per heavy atom. The molecule has 0 aliphatic rings. The molecule has 0 radical (unpaired) electrons. The normalized spacial score (nSPS) is 10.6. The highest BCUT2D eigenvalue weighted by Gasteiger charge is 2.12. The Kier molecular flexibility index (Phi) is 4.96. The third-order valence-corrected chi connectivity index (χ3v) is 4.13. The number of thioether (sulfide) groups is 1. The first-order valence-electron chi connectivity index (χ1n) is 7.36. The lowest BCUT2D eigenvalue weighted by Crippen LogP contribution is -2.05. The molecule has 0 N–H and O–H groups in total. The molecule has 0 fully saturated rings. The maximum absolute atomic E-state index is 12.0. The van der Waals surface area contributed by atoms with E-state index in [0.29, 0.717) is 11.5 Å². The zero-order valence-corrected chi connectivity index (χ0v) is 14.2. The molecule has 0 unspecified atom stereocenters. The van der Waals surface area contributed by atoms with Crippen LogP contribution >= 0.6 is 11.8 Å². The fourth-order valence-electron chi connectivity index (χ4n) is 2.14. The minimum atomic E-state index is -0.419. The second-order valence-corrected chi connectivity index (χ2v) is 6.05. The fourth-order valence-corrected chi connectivity index (χ4v) is 2.55. The summed E-state index contributed by atoms with van der Waals surface area (Å²) < 4.78 is 10.8. The summed E-state index contributed by atoms with van der Waals surface area (Å²) in [5, 5.41) is 7.91. The molecule has 5 nitrogen and oxygen atoms in total. The predicted octanol–water partition coefficient (Wildman–Crippen LogP) is 4.12. The van der Waals surface area contributed by atoms with Crippen LogP contribution in [0.25, 0.3) is 11.5 Å². The van der Waals surface area contributed by atoms with Gasteiger partial charge < -0.3 is 9.15 Å². The number of ether oxygens (including phenoxy) is 1. The maximum Gasteiger partial charge on any atom is 0.338 e. The summed E-state index contributed by atoms with van der Waals surface area (Å²) >= 11 is 1.62. The lowest BCUT2D eigenvalue weighted by molar-refractivity contribution is 0.0438. The van der Waals surface area contributed by atoms with E-state index in [9.17, 15) is 4.79 Å². The second kappa shape index (κ2) is 7.31. The van der Waals surface area contributed by atoms with Gasteiger partial charge in [0.25, 0.3) is 5.89 Å². The largest absolute Gasteiger partial charge is 0.452 e. The Morgan fingerprint density at radius 2 is 1.96 bits per heavy atom. The fraction of sp³-hybridized carbons (Fsp3) is 0.167. The molecular formula is C18H16N2O3S. The number of aromatic nitrogens is 2. The van der Waals surface area contributed by atoms with E-state index in [4.69, 9.17) is 9.15 Å². The maximum atomic E-state index is 12.0. The second-order valence-electron chi connectivity index (χ2n) is 5.18. The van der Waals surface area contributed by atoms with Gasteiger partial charge in [-0.1, -0.05) is 17.7 Å². The topological polar surface area (TPSA) is 65.2 Å². The molecule has 1 heterocycles. The van der Waals surface area contributed by atoms with Gasteiger partial charge >= 0.3 is 5.97 Å². The third-order valence-electron chi connectivity index (χ3n) is 3.38. The number of carbonyl (C=O) groups excluding carboxylic acids is 1. The van der Waals surface area contributed by atoms with E-state index in [2.05, 4.69) is 10.2 Å². The van der Waals surface area contributed by atoms with Gasteiger partial charge in [0.2, 0.25) is 5.89 Å². The van der Waals surface area contributed by atoms with Crippen molar-refractivity contribution in [1.29, 1.82) is 0 Å². The van der Waals surface area contributed by atoms with Gasteiger partial charge in [-0.05, 0) is 49.6 Å². The predicted molar refractivity (Wildman–Crippen MR) is 91.8 cm³/mol. The Bertz CT molecular complexity index is 843. The van der Waals surface area contributed by atoms with E-state index in [1.54, 1.807) is 23.9 Å². The van der Waals surface area contributed by atoms with Gasteiger partial charge in [-0.3, -0.25) is 0 Å². The minimum Gasteiger partial charge on any atom is -0.452 e. The van der Waals surface area contributed by atoms with Crippen molar-refractivity contribution in [2.75, 3.05) is 6.26 Å². The number of benzene rings is 2. The van der Waals surface area contributed by atoms with E-state index >= 15 is 0 Å². The van der Waals surface area contributed by atoms with Crippen molar-refractivity contribution in [1.82, 2.24) is 10.2 Å². The van der Waals surface area contributed by atoms with Gasteiger partial charge in [0.15, 0.2) is 6.61 Å². The van der Waals surface area contributed by atoms with E-state index in [0.717, 1.165) is 16.0 Å². The number of rotatable bonds is 5. The molecule has 1 aromatic heterocycles. The van der Waals surface area contributed by atoms with Crippen LogP contribution in [0.3, 0.4) is 0 Å². The number of aryl methyl sites for hydroxylation is 1. The van der Waals surface area contributed by atoms with Crippen LogP contribution in [-0.2, 0) is 11.3 Å². The van der Waals surface area contributed by atoms with Crippen molar-refractivity contribution < 1.29 is 13.9 Å². The summed E-state index contributed by atoms with van der Waals surface area (Å²) in [4.78, 5) is 13.1. The van der Waals surface area contributed by atoms with Crippen molar-refractivity contribution in [3.8, 4) is 11.5 Å². The molecule has 0 bridgehead atoms. The van der Waals surface area contributed by atoms with Gasteiger partial charge in [0, 0.05) is 10.5 Å². The monoisotopic (exact) mass is 340 g/mol. The molecule has 0 amide bonds. The van der Waals surface area contributed by atoms with Gasteiger partial charge in [-0.25, -0.2) is 4.79 Å². The highest BCUT2D eigenvalue weighted by molar-refractivity contribution is 7.98. The summed E-state index contributed by atoms with van der Waals surface area (Å²) in [6.45, 7) is 1.94. The summed E-state index contributed by atoms with van der Waals surface area (Å²) in [6.07, 6.45) is 1.98. The Morgan fingerprint density at radius 3 is 2.67 bits per heavy atom. The Hall–Kier alpha value is -2.60. The SMILES string of the molecule is CSc1ccc(C(=O)OCc2nnc(-c3cccc(C)c3)o2)cc1. The first-order valence-corrected chi connectivity index (χ1v) is 8.59. The molecule has 3 aromatic rings.